The summed E-state index contributed by atoms with van der Waals surface area (Å²) in [5.41, 5.74) is 11.0. The van der Waals surface area contributed by atoms with Crippen molar-refractivity contribution >= 4 is 22.6 Å². The predicted octanol–water partition coefficient (Wildman–Crippen LogP) is 3.87. The van der Waals surface area contributed by atoms with E-state index in [1.54, 1.807) is 6.07 Å². The largest absolute Gasteiger partial charge is 0.324 e. The van der Waals surface area contributed by atoms with Gasteiger partial charge in [-0.3, -0.25) is 0 Å². The van der Waals surface area contributed by atoms with E-state index in [4.69, 9.17) is 5.73 Å². The molecule has 4 heteroatoms. The third kappa shape index (κ3) is 2.21. The highest BCUT2D eigenvalue weighted by atomic mass is 127. The molecule has 1 aromatic heterocycles. The van der Waals surface area contributed by atoms with Crippen LogP contribution in [0, 0.1) is 16.3 Å². The molecule has 1 atom stereocenters. The summed E-state index contributed by atoms with van der Waals surface area (Å²) in [5.74, 6) is -0.191. The van der Waals surface area contributed by atoms with Crippen molar-refractivity contribution in [2.75, 3.05) is 0 Å². The average molecular weight is 370 g/mol. The number of nitrogens with zero attached hydrogens (tertiary/aromatic N) is 1. The van der Waals surface area contributed by atoms with Crippen LogP contribution in [0.15, 0.2) is 24.3 Å². The first-order chi connectivity index (χ1) is 9.08. The molecule has 19 heavy (non-hydrogen) atoms. The zero-order valence-electron chi connectivity index (χ0n) is 10.8. The van der Waals surface area contributed by atoms with Gasteiger partial charge < -0.3 is 10.3 Å². The highest BCUT2D eigenvalue weighted by molar-refractivity contribution is 14.1. The first-order valence-electron chi connectivity index (χ1n) is 6.50. The summed E-state index contributed by atoms with van der Waals surface area (Å²) in [5, 5.41) is 0. The molecule has 2 N–H and O–H groups in total. The molecule has 100 valence electrons. The Morgan fingerprint density at radius 3 is 2.89 bits per heavy atom. The van der Waals surface area contributed by atoms with Crippen LogP contribution in [-0.4, -0.2) is 4.57 Å². The number of aromatic nitrogens is 1. The molecule has 0 bridgehead atoms. The topological polar surface area (TPSA) is 30.9 Å². The predicted molar refractivity (Wildman–Crippen MR) is 83.0 cm³/mol. The molecule has 3 rings (SSSR count). The second-order valence-corrected chi connectivity index (χ2v) is 6.28. The Bertz CT molecular complexity index is 633. The normalized spacial score (nSPS) is 18.4. The van der Waals surface area contributed by atoms with Crippen molar-refractivity contribution < 1.29 is 4.39 Å². The first kappa shape index (κ1) is 13.1. The number of fused-ring (bicyclic) bond motifs is 1. The Morgan fingerprint density at radius 2 is 2.16 bits per heavy atom. The molecule has 0 saturated heterocycles. The van der Waals surface area contributed by atoms with Crippen molar-refractivity contribution in [1.29, 1.82) is 0 Å². The van der Waals surface area contributed by atoms with Gasteiger partial charge in [-0.1, -0.05) is 0 Å². The number of hydrogen-bond acceptors (Lipinski definition) is 1. The minimum absolute atomic E-state index is 0.141. The second kappa shape index (κ2) is 4.90. The molecule has 0 fully saturated rings. The third-order valence-electron chi connectivity index (χ3n) is 3.80. The number of aryl methyl sites for hydroxylation is 1. The lowest BCUT2D eigenvalue weighted by Crippen LogP contribution is -2.18. The van der Waals surface area contributed by atoms with Crippen LogP contribution < -0.4 is 5.73 Å². The van der Waals surface area contributed by atoms with Gasteiger partial charge in [0.05, 0.1) is 5.69 Å². The maximum absolute atomic E-state index is 13.3. The zero-order chi connectivity index (χ0) is 13.6. The molecule has 0 spiro atoms. The van der Waals surface area contributed by atoms with Gasteiger partial charge in [0.15, 0.2) is 0 Å². The first-order valence-corrected chi connectivity index (χ1v) is 7.58. The van der Waals surface area contributed by atoms with Gasteiger partial charge in [-0.25, -0.2) is 4.39 Å². The van der Waals surface area contributed by atoms with Crippen molar-refractivity contribution in [1.82, 2.24) is 4.57 Å². The summed E-state index contributed by atoms with van der Waals surface area (Å²) in [6, 6.07) is 7.27. The monoisotopic (exact) mass is 370 g/mol. The van der Waals surface area contributed by atoms with Gasteiger partial charge in [0.2, 0.25) is 0 Å². The average Bonchev–Trinajstić information content (AvgIpc) is 2.68. The summed E-state index contributed by atoms with van der Waals surface area (Å²) >= 11 is 2.19. The van der Waals surface area contributed by atoms with Crippen LogP contribution in [0.5, 0.6) is 0 Å². The van der Waals surface area contributed by atoms with Gasteiger partial charge in [0, 0.05) is 21.0 Å². The Balaban J connectivity index is 2.20. The van der Waals surface area contributed by atoms with E-state index in [9.17, 15) is 4.39 Å². The van der Waals surface area contributed by atoms with Gasteiger partial charge in [-0.15, -0.1) is 0 Å². The Labute approximate surface area is 125 Å². The van der Waals surface area contributed by atoms with Crippen LogP contribution >= 0.6 is 22.6 Å². The number of hydrogen-bond donors (Lipinski definition) is 1. The summed E-state index contributed by atoms with van der Waals surface area (Å²) in [4.78, 5) is 0. The maximum atomic E-state index is 13.3. The molecule has 0 saturated carbocycles. The molecule has 0 aliphatic heterocycles. The highest BCUT2D eigenvalue weighted by Gasteiger charge is 2.23. The summed E-state index contributed by atoms with van der Waals surface area (Å²) in [7, 11) is 0. The standard InChI is InChI=1S/C15H16FIN2/c1-9-7-11-13(18)3-2-4-14(11)19(9)15-6-5-10(16)8-12(15)17/h5-8,13H,2-4,18H2,1H3. The molecule has 0 radical (unpaired) electrons. The number of nitrogens with two attached hydrogens (primary N) is 1. The van der Waals surface area contributed by atoms with Crippen LogP contribution in [0.4, 0.5) is 4.39 Å². The van der Waals surface area contributed by atoms with Gasteiger partial charge in [0.1, 0.15) is 5.82 Å². The number of rotatable bonds is 1. The zero-order valence-corrected chi connectivity index (χ0v) is 12.9. The lowest BCUT2D eigenvalue weighted by atomic mass is 9.93. The molecular weight excluding hydrogens is 354 g/mol. The molecule has 0 amide bonds. The van der Waals surface area contributed by atoms with Gasteiger partial charge >= 0.3 is 0 Å². The molecule has 1 heterocycles. The minimum atomic E-state index is -0.191. The molecule has 1 aliphatic rings. The van der Waals surface area contributed by atoms with Crippen LogP contribution in [0.25, 0.3) is 5.69 Å². The smallest absolute Gasteiger partial charge is 0.124 e. The third-order valence-corrected chi connectivity index (χ3v) is 4.66. The van der Waals surface area contributed by atoms with E-state index in [1.165, 1.54) is 23.0 Å². The van der Waals surface area contributed by atoms with E-state index in [1.807, 2.05) is 6.07 Å². The van der Waals surface area contributed by atoms with E-state index in [0.29, 0.717) is 0 Å². The van der Waals surface area contributed by atoms with Crippen LogP contribution in [0.3, 0.4) is 0 Å². The minimum Gasteiger partial charge on any atom is -0.324 e. The van der Waals surface area contributed by atoms with Gasteiger partial charge in [-0.2, -0.15) is 0 Å². The van der Waals surface area contributed by atoms with Crippen LogP contribution in [-0.2, 0) is 6.42 Å². The Morgan fingerprint density at radius 1 is 1.37 bits per heavy atom. The van der Waals surface area contributed by atoms with Crippen molar-refractivity contribution in [3.05, 3.63) is 50.6 Å². The van der Waals surface area contributed by atoms with E-state index < -0.39 is 0 Å². The Hall–Kier alpha value is -0.880. The fourth-order valence-electron chi connectivity index (χ4n) is 2.93. The summed E-state index contributed by atoms with van der Waals surface area (Å²) < 4.78 is 16.4. The quantitative estimate of drug-likeness (QED) is 0.760. The second-order valence-electron chi connectivity index (χ2n) is 5.12. The lowest BCUT2D eigenvalue weighted by Gasteiger charge is -2.21. The molecule has 1 unspecified atom stereocenters. The SMILES string of the molecule is Cc1cc2c(n1-c1ccc(F)cc1I)CCCC2N. The molecule has 1 aliphatic carbocycles. The van der Waals surface area contributed by atoms with Crippen molar-refractivity contribution in [3.8, 4) is 5.69 Å². The van der Waals surface area contributed by atoms with Gasteiger partial charge in [-0.05, 0) is 78.6 Å². The summed E-state index contributed by atoms with van der Waals surface area (Å²) in [6.07, 6.45) is 3.22. The van der Waals surface area contributed by atoms with Gasteiger partial charge in [0.25, 0.3) is 0 Å². The molecular formula is C15H16FIN2. The fraction of sp³-hybridized carbons (Fsp3) is 0.333. The van der Waals surface area contributed by atoms with Crippen LogP contribution in [0.2, 0.25) is 0 Å². The molecule has 1 aromatic carbocycles. The molecule has 2 aromatic rings. The number of benzene rings is 1. The van der Waals surface area contributed by atoms with E-state index in [0.717, 1.165) is 28.5 Å². The summed E-state index contributed by atoms with van der Waals surface area (Å²) in [6.45, 7) is 2.09. The fourth-order valence-corrected chi connectivity index (χ4v) is 3.65. The van der Waals surface area contributed by atoms with E-state index in [-0.39, 0.29) is 11.9 Å². The maximum Gasteiger partial charge on any atom is 0.124 e. The number of halogens is 2. The van der Waals surface area contributed by atoms with Crippen LogP contribution in [0.1, 0.15) is 35.8 Å². The Kier molecular flexibility index (Phi) is 3.39. The highest BCUT2D eigenvalue weighted by Crippen LogP contribution is 2.33. The van der Waals surface area contributed by atoms with E-state index in [2.05, 4.69) is 40.1 Å². The van der Waals surface area contributed by atoms with Crippen molar-refractivity contribution in [2.45, 2.75) is 32.2 Å². The molecule has 2 nitrogen and oxygen atoms in total. The van der Waals surface area contributed by atoms with Crippen molar-refractivity contribution in [2.24, 2.45) is 5.73 Å². The van der Waals surface area contributed by atoms with E-state index >= 15 is 0 Å². The van der Waals surface area contributed by atoms with Crippen molar-refractivity contribution in [3.63, 3.8) is 0 Å². The lowest BCUT2D eigenvalue weighted by molar-refractivity contribution is 0.559.